The number of nitrogens with two attached hydrogens (primary N) is 1. The Kier molecular flexibility index (Phi) is 6.11. The van der Waals surface area contributed by atoms with Crippen LogP contribution in [0.1, 0.15) is 39.5 Å². The molecular formula is C16H27N3O2. The average Bonchev–Trinajstić information content (AvgIpc) is 2.97. The summed E-state index contributed by atoms with van der Waals surface area (Å²) < 4.78 is 11.4. The molecular weight excluding hydrogens is 266 g/mol. The molecule has 5 nitrogen and oxygen atoms in total. The highest BCUT2D eigenvalue weighted by Gasteiger charge is 2.14. The first-order valence-corrected chi connectivity index (χ1v) is 7.90. The number of nitrogen functional groups attached to an aromatic ring is 1. The van der Waals surface area contributed by atoms with Crippen LogP contribution in [0.3, 0.4) is 0 Å². The lowest BCUT2D eigenvalue weighted by molar-refractivity contribution is 0.0658. The van der Waals surface area contributed by atoms with E-state index >= 15 is 0 Å². The van der Waals surface area contributed by atoms with E-state index in [9.17, 15) is 0 Å². The van der Waals surface area contributed by atoms with Gasteiger partial charge in [0.05, 0.1) is 25.0 Å². The maximum atomic E-state index is 5.87. The number of ether oxygens (including phenoxy) is 2. The molecule has 1 aliphatic carbocycles. The van der Waals surface area contributed by atoms with Gasteiger partial charge < -0.3 is 20.5 Å². The molecule has 5 heteroatoms. The first-order chi connectivity index (χ1) is 10.1. The monoisotopic (exact) mass is 293 g/mol. The second-order valence-corrected chi connectivity index (χ2v) is 6.00. The number of aromatic nitrogens is 1. The van der Waals surface area contributed by atoms with Crippen molar-refractivity contribution in [2.75, 3.05) is 30.8 Å². The van der Waals surface area contributed by atoms with Gasteiger partial charge in [-0.3, -0.25) is 0 Å². The third kappa shape index (κ3) is 5.42. The van der Waals surface area contributed by atoms with Crippen LogP contribution in [0.25, 0.3) is 0 Å². The molecule has 1 aromatic heterocycles. The summed E-state index contributed by atoms with van der Waals surface area (Å²) in [6.07, 6.45) is 5.46. The molecule has 21 heavy (non-hydrogen) atoms. The number of nitrogens with one attached hydrogen (secondary N) is 1. The van der Waals surface area contributed by atoms with Crippen molar-refractivity contribution in [3.05, 3.63) is 12.1 Å². The lowest BCUT2D eigenvalue weighted by Crippen LogP contribution is -2.16. The minimum atomic E-state index is 0.447. The molecule has 1 saturated carbocycles. The topological polar surface area (TPSA) is 69.4 Å². The lowest BCUT2D eigenvalue weighted by Gasteiger charge is -2.13. The van der Waals surface area contributed by atoms with Crippen molar-refractivity contribution in [1.82, 2.24) is 4.98 Å². The first-order valence-electron chi connectivity index (χ1n) is 7.90. The van der Waals surface area contributed by atoms with Crippen LogP contribution >= 0.6 is 0 Å². The summed E-state index contributed by atoms with van der Waals surface area (Å²) in [5, 5.41) is 3.25. The molecule has 0 aromatic carbocycles. The Hall–Kier alpha value is -1.49. The molecule has 0 unspecified atom stereocenters. The van der Waals surface area contributed by atoms with Crippen LogP contribution in [0.15, 0.2) is 12.1 Å². The number of hydrogen-bond donors (Lipinski definition) is 2. The predicted octanol–water partition coefficient (Wildman–Crippen LogP) is 3.07. The second-order valence-electron chi connectivity index (χ2n) is 6.00. The van der Waals surface area contributed by atoms with Gasteiger partial charge in [-0.15, -0.1) is 0 Å². The van der Waals surface area contributed by atoms with Crippen LogP contribution < -0.4 is 15.8 Å². The van der Waals surface area contributed by atoms with E-state index in [4.69, 9.17) is 15.2 Å². The maximum absolute atomic E-state index is 5.87. The molecule has 0 aliphatic heterocycles. The van der Waals surface area contributed by atoms with Gasteiger partial charge in [0, 0.05) is 6.54 Å². The highest BCUT2D eigenvalue weighted by atomic mass is 16.5. The van der Waals surface area contributed by atoms with Gasteiger partial charge in [-0.25, -0.2) is 0 Å². The Labute approximate surface area is 127 Å². The standard InChI is InChI=1S/C16H27N3O2/c1-12(2)11-21-16-14(17)7-8-15(19-16)18-9-10-20-13-5-3-4-6-13/h7-8,12-13H,3-6,9-11,17H2,1-2H3,(H,18,19). The summed E-state index contributed by atoms with van der Waals surface area (Å²) in [5.74, 6) is 1.73. The molecule has 1 aliphatic rings. The van der Waals surface area contributed by atoms with Gasteiger partial charge >= 0.3 is 0 Å². The fourth-order valence-corrected chi connectivity index (χ4v) is 2.37. The molecule has 1 heterocycles. The van der Waals surface area contributed by atoms with Gasteiger partial charge in [0.2, 0.25) is 5.88 Å². The third-order valence-corrected chi connectivity index (χ3v) is 3.51. The second kappa shape index (κ2) is 8.08. The van der Waals surface area contributed by atoms with E-state index in [0.717, 1.165) is 12.4 Å². The SMILES string of the molecule is CC(C)COc1nc(NCCOC2CCCC2)ccc1N. The first kappa shape index (κ1) is 15.9. The Balaban J connectivity index is 1.75. The summed E-state index contributed by atoms with van der Waals surface area (Å²) in [4.78, 5) is 4.40. The van der Waals surface area contributed by atoms with E-state index in [1.54, 1.807) is 0 Å². The molecule has 0 atom stereocenters. The molecule has 118 valence electrons. The Morgan fingerprint density at radius 1 is 1.33 bits per heavy atom. The van der Waals surface area contributed by atoms with Crippen LogP contribution in [-0.2, 0) is 4.74 Å². The van der Waals surface area contributed by atoms with Gasteiger partial charge in [-0.2, -0.15) is 4.98 Å². The third-order valence-electron chi connectivity index (χ3n) is 3.51. The molecule has 2 rings (SSSR count). The van der Waals surface area contributed by atoms with Crippen LogP contribution in [0.4, 0.5) is 11.5 Å². The van der Waals surface area contributed by atoms with E-state index in [-0.39, 0.29) is 0 Å². The summed E-state index contributed by atoms with van der Waals surface area (Å²) in [6.45, 7) is 6.26. The van der Waals surface area contributed by atoms with Gasteiger partial charge in [0.15, 0.2) is 0 Å². The highest BCUT2D eigenvalue weighted by molar-refractivity contribution is 5.53. The van der Waals surface area contributed by atoms with E-state index in [0.29, 0.717) is 36.8 Å². The Morgan fingerprint density at radius 2 is 2.10 bits per heavy atom. The Bertz CT molecular complexity index is 432. The highest BCUT2D eigenvalue weighted by Crippen LogP contribution is 2.22. The van der Waals surface area contributed by atoms with Gasteiger partial charge in [0.25, 0.3) is 0 Å². The van der Waals surface area contributed by atoms with Crippen LogP contribution in [-0.4, -0.2) is 30.8 Å². The van der Waals surface area contributed by atoms with Crippen molar-refractivity contribution in [3.63, 3.8) is 0 Å². The number of pyridine rings is 1. The maximum Gasteiger partial charge on any atom is 0.239 e. The fraction of sp³-hybridized carbons (Fsp3) is 0.688. The van der Waals surface area contributed by atoms with Crippen molar-refractivity contribution in [2.45, 2.75) is 45.6 Å². The number of anilines is 2. The summed E-state index contributed by atoms with van der Waals surface area (Å²) in [7, 11) is 0. The zero-order valence-corrected chi connectivity index (χ0v) is 13.1. The fourth-order valence-electron chi connectivity index (χ4n) is 2.37. The Morgan fingerprint density at radius 3 is 2.81 bits per heavy atom. The predicted molar refractivity (Wildman–Crippen MR) is 85.7 cm³/mol. The van der Waals surface area contributed by atoms with Gasteiger partial charge in [-0.1, -0.05) is 26.7 Å². The minimum absolute atomic E-state index is 0.447. The van der Waals surface area contributed by atoms with E-state index < -0.39 is 0 Å². The van der Waals surface area contributed by atoms with Crippen LogP contribution in [0, 0.1) is 5.92 Å². The largest absolute Gasteiger partial charge is 0.476 e. The molecule has 3 N–H and O–H groups in total. The smallest absolute Gasteiger partial charge is 0.239 e. The molecule has 1 aromatic rings. The van der Waals surface area contributed by atoms with Crippen molar-refractivity contribution in [1.29, 1.82) is 0 Å². The van der Waals surface area contributed by atoms with E-state index in [1.807, 2.05) is 12.1 Å². The quantitative estimate of drug-likeness (QED) is 0.721. The summed E-state index contributed by atoms with van der Waals surface area (Å²) in [5.41, 5.74) is 6.45. The minimum Gasteiger partial charge on any atom is -0.476 e. The summed E-state index contributed by atoms with van der Waals surface area (Å²) in [6, 6.07) is 3.69. The molecule has 0 radical (unpaired) electrons. The number of nitrogens with zero attached hydrogens (tertiary/aromatic N) is 1. The van der Waals surface area contributed by atoms with Crippen molar-refractivity contribution < 1.29 is 9.47 Å². The molecule has 0 amide bonds. The average molecular weight is 293 g/mol. The number of rotatable bonds is 8. The van der Waals surface area contributed by atoms with Crippen molar-refractivity contribution >= 4 is 11.5 Å². The molecule has 0 bridgehead atoms. The normalized spacial score (nSPS) is 15.6. The van der Waals surface area contributed by atoms with Gasteiger partial charge in [0.1, 0.15) is 5.82 Å². The van der Waals surface area contributed by atoms with Crippen molar-refractivity contribution in [2.24, 2.45) is 5.92 Å². The van der Waals surface area contributed by atoms with Crippen LogP contribution in [0.2, 0.25) is 0 Å². The number of hydrogen-bond acceptors (Lipinski definition) is 5. The molecule has 0 saturated heterocycles. The lowest BCUT2D eigenvalue weighted by atomic mass is 10.2. The van der Waals surface area contributed by atoms with E-state index in [2.05, 4.69) is 24.1 Å². The van der Waals surface area contributed by atoms with Crippen molar-refractivity contribution in [3.8, 4) is 5.88 Å². The molecule has 1 fully saturated rings. The summed E-state index contributed by atoms with van der Waals surface area (Å²) >= 11 is 0. The van der Waals surface area contributed by atoms with Gasteiger partial charge in [-0.05, 0) is 30.9 Å². The zero-order chi connectivity index (χ0) is 15.1. The zero-order valence-electron chi connectivity index (χ0n) is 13.1. The van der Waals surface area contributed by atoms with Crippen LogP contribution in [0.5, 0.6) is 5.88 Å². The molecule has 0 spiro atoms. The van der Waals surface area contributed by atoms with E-state index in [1.165, 1.54) is 25.7 Å².